The molecule has 0 saturated carbocycles. The Morgan fingerprint density at radius 3 is 2.94 bits per heavy atom. The van der Waals surface area contributed by atoms with Gasteiger partial charge in [0.25, 0.3) is 0 Å². The lowest BCUT2D eigenvalue weighted by molar-refractivity contribution is -0.116. The molecule has 0 fully saturated rings. The molecular formula is C10H13BN2O3. The van der Waals surface area contributed by atoms with Gasteiger partial charge in [0.1, 0.15) is 5.82 Å². The highest BCUT2D eigenvalue weighted by molar-refractivity contribution is 6.58. The molecule has 84 valence electrons. The molecule has 1 amide bonds. The van der Waals surface area contributed by atoms with Gasteiger partial charge in [-0.15, -0.1) is 0 Å². The van der Waals surface area contributed by atoms with E-state index in [1.165, 1.54) is 13.1 Å². The number of nitrogens with zero attached hydrogens (tertiary/aromatic N) is 2. The highest BCUT2D eigenvalue weighted by Gasteiger charge is 2.23. The van der Waals surface area contributed by atoms with E-state index in [0.29, 0.717) is 17.8 Å². The number of aromatic nitrogens is 1. The number of hydrogen-bond acceptors (Lipinski definition) is 4. The van der Waals surface area contributed by atoms with Gasteiger partial charge in [-0.2, -0.15) is 0 Å². The number of carbonyl (C=O) groups is 1. The Labute approximate surface area is 93.9 Å². The molecule has 1 aromatic rings. The lowest BCUT2D eigenvalue weighted by atomic mass is 9.80. The van der Waals surface area contributed by atoms with E-state index in [1.54, 1.807) is 11.0 Å². The van der Waals surface area contributed by atoms with Crippen LogP contribution in [0.4, 0.5) is 5.82 Å². The second-order valence-corrected chi connectivity index (χ2v) is 3.90. The maximum absolute atomic E-state index is 11.4. The Morgan fingerprint density at radius 2 is 2.31 bits per heavy atom. The van der Waals surface area contributed by atoms with Gasteiger partial charge in [-0.1, -0.05) is 6.07 Å². The van der Waals surface area contributed by atoms with E-state index in [4.69, 9.17) is 10.0 Å². The zero-order chi connectivity index (χ0) is 11.7. The van der Waals surface area contributed by atoms with Crippen LogP contribution in [0.15, 0.2) is 12.3 Å². The summed E-state index contributed by atoms with van der Waals surface area (Å²) in [6, 6.07) is 1.70. The van der Waals surface area contributed by atoms with Gasteiger partial charge in [0.05, 0.1) is 0 Å². The average molecular weight is 220 g/mol. The molecule has 1 aliphatic heterocycles. The first-order valence-electron chi connectivity index (χ1n) is 5.22. The number of anilines is 1. The summed E-state index contributed by atoms with van der Waals surface area (Å²) in [5, 5.41) is 18.1. The summed E-state index contributed by atoms with van der Waals surface area (Å²) in [5.41, 5.74) is 1.26. The summed E-state index contributed by atoms with van der Waals surface area (Å²) >= 11 is 0. The van der Waals surface area contributed by atoms with Crippen molar-refractivity contribution in [2.45, 2.75) is 19.8 Å². The first-order valence-corrected chi connectivity index (χ1v) is 5.22. The zero-order valence-corrected chi connectivity index (χ0v) is 9.05. The summed E-state index contributed by atoms with van der Waals surface area (Å²) in [4.78, 5) is 17.1. The van der Waals surface area contributed by atoms with E-state index in [1.807, 2.05) is 0 Å². The van der Waals surface area contributed by atoms with Crippen LogP contribution >= 0.6 is 0 Å². The molecule has 0 saturated heterocycles. The molecule has 0 unspecified atom stereocenters. The normalized spacial score (nSPS) is 14.6. The maximum Gasteiger partial charge on any atom is 0.490 e. The molecule has 0 bridgehead atoms. The van der Waals surface area contributed by atoms with Crippen molar-refractivity contribution in [3.05, 3.63) is 17.8 Å². The van der Waals surface area contributed by atoms with Crippen LogP contribution in [0.1, 0.15) is 18.9 Å². The third kappa shape index (κ3) is 1.94. The summed E-state index contributed by atoms with van der Waals surface area (Å²) in [6.07, 6.45) is 3.08. The number of aryl methyl sites for hydroxylation is 1. The minimum absolute atomic E-state index is 0.0363. The van der Waals surface area contributed by atoms with Gasteiger partial charge < -0.3 is 10.0 Å². The fourth-order valence-corrected chi connectivity index (χ4v) is 1.93. The smallest absolute Gasteiger partial charge is 0.423 e. The van der Waals surface area contributed by atoms with E-state index in [0.717, 1.165) is 18.4 Å². The summed E-state index contributed by atoms with van der Waals surface area (Å²) in [5.74, 6) is 0.605. The first-order chi connectivity index (χ1) is 7.59. The van der Waals surface area contributed by atoms with Crippen LogP contribution in [0.2, 0.25) is 0 Å². The number of pyridine rings is 1. The Hall–Kier alpha value is -1.40. The molecule has 1 aliphatic rings. The van der Waals surface area contributed by atoms with E-state index >= 15 is 0 Å². The first kappa shape index (κ1) is 11.1. The van der Waals surface area contributed by atoms with Gasteiger partial charge in [-0.25, -0.2) is 4.98 Å². The molecule has 16 heavy (non-hydrogen) atoms. The van der Waals surface area contributed by atoms with Gasteiger partial charge in [-0.3, -0.25) is 9.69 Å². The fourth-order valence-electron chi connectivity index (χ4n) is 1.93. The number of carbonyl (C=O) groups excluding carboxylic acids is 1. The highest BCUT2D eigenvalue weighted by Crippen LogP contribution is 2.23. The van der Waals surface area contributed by atoms with E-state index in [-0.39, 0.29) is 5.91 Å². The van der Waals surface area contributed by atoms with Crippen molar-refractivity contribution in [3.63, 3.8) is 0 Å². The van der Waals surface area contributed by atoms with Crippen LogP contribution in [0.3, 0.4) is 0 Å². The van der Waals surface area contributed by atoms with Crippen molar-refractivity contribution >= 4 is 24.3 Å². The highest BCUT2D eigenvalue weighted by atomic mass is 16.4. The van der Waals surface area contributed by atoms with Gasteiger partial charge in [0, 0.05) is 25.1 Å². The molecular weight excluding hydrogens is 207 g/mol. The van der Waals surface area contributed by atoms with Crippen LogP contribution in [0.25, 0.3) is 0 Å². The molecule has 0 aromatic carbocycles. The monoisotopic (exact) mass is 220 g/mol. The molecule has 5 nitrogen and oxygen atoms in total. The van der Waals surface area contributed by atoms with Crippen LogP contribution < -0.4 is 10.4 Å². The maximum atomic E-state index is 11.4. The van der Waals surface area contributed by atoms with E-state index in [9.17, 15) is 4.79 Å². The molecule has 2 heterocycles. The fraction of sp³-hybridized carbons (Fsp3) is 0.400. The van der Waals surface area contributed by atoms with Crippen LogP contribution in [0, 0.1) is 0 Å². The van der Waals surface area contributed by atoms with Crippen molar-refractivity contribution < 1.29 is 14.8 Å². The molecule has 6 heteroatoms. The van der Waals surface area contributed by atoms with Crippen molar-refractivity contribution in [2.75, 3.05) is 11.4 Å². The second kappa shape index (κ2) is 4.23. The topological polar surface area (TPSA) is 73.7 Å². The Bertz CT molecular complexity index is 423. The van der Waals surface area contributed by atoms with Gasteiger partial charge in [0.15, 0.2) is 0 Å². The lowest BCUT2D eigenvalue weighted by Gasteiger charge is -2.27. The summed E-state index contributed by atoms with van der Waals surface area (Å²) in [7, 11) is -1.51. The van der Waals surface area contributed by atoms with Crippen molar-refractivity contribution in [3.8, 4) is 0 Å². The minimum atomic E-state index is -1.51. The SMILES string of the molecule is CC(=O)N1CCCc2cc(B(O)O)cnc21. The number of rotatable bonds is 1. The van der Waals surface area contributed by atoms with E-state index in [2.05, 4.69) is 4.98 Å². The summed E-state index contributed by atoms with van der Waals surface area (Å²) < 4.78 is 0. The number of hydrogen-bond donors (Lipinski definition) is 2. The molecule has 0 atom stereocenters. The quantitative estimate of drug-likeness (QED) is 0.599. The molecule has 0 radical (unpaired) electrons. The van der Waals surface area contributed by atoms with Crippen LogP contribution in [-0.4, -0.2) is 34.6 Å². The van der Waals surface area contributed by atoms with Gasteiger partial charge in [-0.05, 0) is 18.4 Å². The van der Waals surface area contributed by atoms with Crippen molar-refractivity contribution in [2.24, 2.45) is 0 Å². The summed E-state index contributed by atoms with van der Waals surface area (Å²) in [6.45, 7) is 2.18. The van der Waals surface area contributed by atoms with Crippen LogP contribution in [-0.2, 0) is 11.2 Å². The average Bonchev–Trinajstić information content (AvgIpc) is 2.27. The number of amides is 1. The third-order valence-corrected chi connectivity index (χ3v) is 2.73. The molecule has 2 N–H and O–H groups in total. The molecule has 0 spiro atoms. The van der Waals surface area contributed by atoms with Crippen molar-refractivity contribution in [1.82, 2.24) is 4.98 Å². The molecule has 0 aliphatic carbocycles. The predicted octanol–water partition coefficient (Wildman–Crippen LogP) is -0.940. The standard InChI is InChI=1S/C10H13BN2O3/c1-7(14)13-4-2-3-8-5-9(11(15)16)6-12-10(8)13/h5-6,15-16H,2-4H2,1H3. The Balaban J connectivity index is 2.40. The number of fused-ring (bicyclic) bond motifs is 1. The molecule has 1 aromatic heterocycles. The second-order valence-electron chi connectivity index (χ2n) is 3.90. The van der Waals surface area contributed by atoms with Crippen molar-refractivity contribution in [1.29, 1.82) is 0 Å². The molecule has 2 rings (SSSR count). The lowest BCUT2D eigenvalue weighted by Crippen LogP contribution is -2.37. The predicted molar refractivity (Wildman–Crippen MR) is 60.4 cm³/mol. The zero-order valence-electron chi connectivity index (χ0n) is 9.05. The largest absolute Gasteiger partial charge is 0.490 e. The minimum Gasteiger partial charge on any atom is -0.423 e. The third-order valence-electron chi connectivity index (χ3n) is 2.73. The van der Waals surface area contributed by atoms with E-state index < -0.39 is 7.12 Å². The van der Waals surface area contributed by atoms with Crippen LogP contribution in [0.5, 0.6) is 0 Å². The Morgan fingerprint density at radius 1 is 1.56 bits per heavy atom. The van der Waals surface area contributed by atoms with Gasteiger partial charge >= 0.3 is 7.12 Å². The van der Waals surface area contributed by atoms with Gasteiger partial charge in [0.2, 0.25) is 5.91 Å². The Kier molecular flexibility index (Phi) is 2.94.